The van der Waals surface area contributed by atoms with Gasteiger partial charge in [0.05, 0.1) is 0 Å². The molecule has 1 atom stereocenters. The van der Waals surface area contributed by atoms with Crippen LogP contribution in [-0.4, -0.2) is 47.8 Å². The van der Waals surface area contributed by atoms with Crippen molar-refractivity contribution in [3.8, 4) is 11.8 Å². The molecule has 1 heterocycles. The van der Waals surface area contributed by atoms with E-state index < -0.39 is 11.6 Å². The fraction of sp³-hybridized carbons (Fsp3) is 0.833. The summed E-state index contributed by atoms with van der Waals surface area (Å²) in [5, 5.41) is 11.0. The summed E-state index contributed by atoms with van der Waals surface area (Å²) in [6.07, 6.45) is 5.39. The number of esters is 1. The molecule has 0 aromatic carbocycles. The number of hydrogen-bond acceptors (Lipinski definition) is 4. The number of carbonyl (C=O) groups excluding carboxylic acids is 1. The van der Waals surface area contributed by atoms with Gasteiger partial charge in [0.25, 0.3) is 0 Å². The van der Waals surface area contributed by atoms with Crippen LogP contribution in [0.3, 0.4) is 0 Å². The van der Waals surface area contributed by atoms with Crippen molar-refractivity contribution in [1.82, 2.24) is 4.90 Å². The van der Waals surface area contributed by atoms with Crippen molar-refractivity contribution in [2.45, 2.75) is 64.1 Å². The minimum atomic E-state index is -1.62. The Morgan fingerprint density at radius 3 is 2.36 bits per heavy atom. The highest BCUT2D eigenvalue weighted by molar-refractivity contribution is 5.84. The zero-order valence-electron chi connectivity index (χ0n) is 14.1. The molecule has 1 N–H and O–H groups in total. The number of nitrogens with zero attached hydrogens (tertiary/aromatic N) is 1. The van der Waals surface area contributed by atoms with Gasteiger partial charge < -0.3 is 14.7 Å². The lowest BCUT2D eigenvalue weighted by Gasteiger charge is -2.32. The van der Waals surface area contributed by atoms with E-state index in [0.717, 1.165) is 51.6 Å². The van der Waals surface area contributed by atoms with Gasteiger partial charge in [-0.05, 0) is 32.7 Å². The van der Waals surface area contributed by atoms with E-state index in [9.17, 15) is 9.90 Å². The summed E-state index contributed by atoms with van der Waals surface area (Å²) in [7, 11) is 2.07. The molecule has 2 aliphatic rings. The molecule has 1 saturated carbocycles. The second-order valence-corrected chi connectivity index (χ2v) is 7.08. The topological polar surface area (TPSA) is 49.8 Å². The van der Waals surface area contributed by atoms with Crippen molar-refractivity contribution in [2.24, 2.45) is 11.8 Å². The van der Waals surface area contributed by atoms with Gasteiger partial charge in [0.1, 0.15) is 6.10 Å². The maximum atomic E-state index is 12.6. The maximum Gasteiger partial charge on any atom is 0.351 e. The summed E-state index contributed by atoms with van der Waals surface area (Å²) >= 11 is 0. The van der Waals surface area contributed by atoms with E-state index in [1.165, 1.54) is 0 Å². The molecule has 1 aliphatic carbocycles. The Kier molecular flexibility index (Phi) is 5.88. The lowest BCUT2D eigenvalue weighted by atomic mass is 9.86. The molecule has 2 rings (SSSR count). The standard InChI is InChI=1S/C18H29NO3/c1-14(2)8-11-18(21,15-6-4-5-7-15)17(20)22-16-9-12-19(3)13-10-16/h14-16,21H,4-7,9-10,12-13H2,1-3H3. The Balaban J connectivity index is 2.07. The monoisotopic (exact) mass is 307 g/mol. The van der Waals surface area contributed by atoms with Gasteiger partial charge in [0.15, 0.2) is 0 Å². The van der Waals surface area contributed by atoms with Crippen LogP contribution in [-0.2, 0) is 9.53 Å². The summed E-state index contributed by atoms with van der Waals surface area (Å²) in [4.78, 5) is 14.9. The lowest BCUT2D eigenvalue weighted by Crippen LogP contribution is -2.47. The van der Waals surface area contributed by atoms with E-state index >= 15 is 0 Å². The van der Waals surface area contributed by atoms with Crippen molar-refractivity contribution >= 4 is 5.97 Å². The van der Waals surface area contributed by atoms with Gasteiger partial charge in [-0.3, -0.25) is 0 Å². The quantitative estimate of drug-likeness (QED) is 0.641. The average molecular weight is 307 g/mol. The zero-order chi connectivity index (χ0) is 16.2. The van der Waals surface area contributed by atoms with Gasteiger partial charge in [-0.25, -0.2) is 4.79 Å². The molecular formula is C18H29NO3. The van der Waals surface area contributed by atoms with Crippen molar-refractivity contribution in [1.29, 1.82) is 0 Å². The van der Waals surface area contributed by atoms with Gasteiger partial charge in [-0.15, -0.1) is 0 Å². The number of hydrogen-bond donors (Lipinski definition) is 1. The van der Waals surface area contributed by atoms with Crippen LogP contribution in [0.5, 0.6) is 0 Å². The van der Waals surface area contributed by atoms with Gasteiger partial charge >= 0.3 is 5.97 Å². The summed E-state index contributed by atoms with van der Waals surface area (Å²) in [5.41, 5.74) is -1.62. The first-order chi connectivity index (χ1) is 10.4. The first-order valence-electron chi connectivity index (χ1n) is 8.56. The third-order valence-electron chi connectivity index (χ3n) is 4.75. The smallest absolute Gasteiger partial charge is 0.351 e. The van der Waals surface area contributed by atoms with Crippen LogP contribution in [0.25, 0.3) is 0 Å². The Hall–Kier alpha value is -1.05. The number of carbonyl (C=O) groups is 1. The molecule has 124 valence electrons. The molecular weight excluding hydrogens is 278 g/mol. The van der Waals surface area contributed by atoms with E-state index in [0.29, 0.717) is 0 Å². The van der Waals surface area contributed by atoms with Gasteiger partial charge in [-0.1, -0.05) is 38.5 Å². The minimum Gasteiger partial charge on any atom is -0.459 e. The van der Waals surface area contributed by atoms with Gasteiger partial charge in [0, 0.05) is 24.9 Å². The molecule has 0 amide bonds. The van der Waals surface area contributed by atoms with E-state index in [2.05, 4.69) is 23.8 Å². The Morgan fingerprint density at radius 2 is 1.82 bits per heavy atom. The van der Waals surface area contributed by atoms with Gasteiger partial charge in [-0.2, -0.15) is 0 Å². The average Bonchev–Trinajstić information content (AvgIpc) is 3.02. The first kappa shape index (κ1) is 17.3. The maximum absolute atomic E-state index is 12.6. The molecule has 0 bridgehead atoms. The first-order valence-corrected chi connectivity index (χ1v) is 8.56. The third-order valence-corrected chi connectivity index (χ3v) is 4.75. The van der Waals surface area contributed by atoms with E-state index in [-0.39, 0.29) is 17.9 Å². The van der Waals surface area contributed by atoms with Crippen LogP contribution >= 0.6 is 0 Å². The Morgan fingerprint density at radius 1 is 1.23 bits per heavy atom. The molecule has 1 saturated heterocycles. The number of likely N-dealkylation sites (tertiary alicyclic amines) is 1. The fourth-order valence-electron chi connectivity index (χ4n) is 3.26. The molecule has 0 aromatic rings. The number of piperidine rings is 1. The van der Waals surface area contributed by atoms with Crippen LogP contribution in [0.1, 0.15) is 52.4 Å². The van der Waals surface area contributed by atoms with E-state index in [1.54, 1.807) is 0 Å². The summed E-state index contributed by atoms with van der Waals surface area (Å²) in [6, 6.07) is 0. The van der Waals surface area contributed by atoms with Gasteiger partial charge in [0.2, 0.25) is 5.60 Å². The summed E-state index contributed by atoms with van der Waals surface area (Å²) in [6.45, 7) is 5.78. The number of ether oxygens (including phenoxy) is 1. The minimum absolute atomic E-state index is 0.0856. The molecule has 1 unspecified atom stereocenters. The number of aliphatic hydroxyl groups is 1. The predicted octanol–water partition coefficient (Wildman–Crippen LogP) is 2.20. The van der Waals surface area contributed by atoms with E-state index in [1.807, 2.05) is 13.8 Å². The second-order valence-electron chi connectivity index (χ2n) is 7.08. The van der Waals surface area contributed by atoms with Crippen molar-refractivity contribution in [3.63, 3.8) is 0 Å². The third kappa shape index (κ3) is 4.24. The largest absolute Gasteiger partial charge is 0.459 e. The number of rotatable bonds is 3. The lowest BCUT2D eigenvalue weighted by molar-refractivity contribution is -0.171. The summed E-state index contributed by atoms with van der Waals surface area (Å²) < 4.78 is 5.63. The fourth-order valence-corrected chi connectivity index (χ4v) is 3.26. The predicted molar refractivity (Wildman–Crippen MR) is 86.1 cm³/mol. The molecule has 0 spiro atoms. The molecule has 1 aliphatic heterocycles. The molecule has 0 radical (unpaired) electrons. The highest BCUT2D eigenvalue weighted by Crippen LogP contribution is 2.35. The van der Waals surface area contributed by atoms with Crippen LogP contribution in [0, 0.1) is 23.7 Å². The molecule has 4 heteroatoms. The zero-order valence-corrected chi connectivity index (χ0v) is 14.1. The molecule has 0 aromatic heterocycles. The van der Waals surface area contributed by atoms with Crippen molar-refractivity contribution < 1.29 is 14.6 Å². The molecule has 2 fully saturated rings. The Bertz CT molecular complexity index is 437. The van der Waals surface area contributed by atoms with Crippen LogP contribution < -0.4 is 0 Å². The molecule has 4 nitrogen and oxygen atoms in total. The van der Waals surface area contributed by atoms with Crippen LogP contribution in [0.2, 0.25) is 0 Å². The Labute approximate surface area is 134 Å². The second kappa shape index (κ2) is 7.48. The van der Waals surface area contributed by atoms with E-state index in [4.69, 9.17) is 4.74 Å². The van der Waals surface area contributed by atoms with Crippen molar-refractivity contribution in [2.75, 3.05) is 20.1 Å². The van der Waals surface area contributed by atoms with Crippen LogP contribution in [0.4, 0.5) is 0 Å². The highest BCUT2D eigenvalue weighted by Gasteiger charge is 2.46. The summed E-state index contributed by atoms with van der Waals surface area (Å²) in [5.74, 6) is 5.35. The molecule has 22 heavy (non-hydrogen) atoms. The van der Waals surface area contributed by atoms with Crippen molar-refractivity contribution in [3.05, 3.63) is 0 Å². The normalized spacial score (nSPS) is 23.9. The highest BCUT2D eigenvalue weighted by atomic mass is 16.6. The van der Waals surface area contributed by atoms with Crippen LogP contribution in [0.15, 0.2) is 0 Å². The SMILES string of the molecule is CC(C)C#CC(O)(C(=O)OC1CCN(C)CC1)C1CCCC1.